The van der Waals surface area contributed by atoms with Gasteiger partial charge in [-0.3, -0.25) is 33.9 Å². The molecule has 0 saturated carbocycles. The zero-order chi connectivity index (χ0) is 35.3. The third-order valence-corrected chi connectivity index (χ3v) is 7.86. The van der Waals surface area contributed by atoms with Gasteiger partial charge in [0.1, 0.15) is 13.2 Å². The molecular weight excluding hydrogens is 630 g/mol. The molecule has 0 radical (unpaired) electrons. The van der Waals surface area contributed by atoms with Crippen LogP contribution in [0.25, 0.3) is 12.2 Å². The maximum absolute atomic E-state index is 12.5. The second kappa shape index (κ2) is 17.7. The van der Waals surface area contributed by atoms with E-state index in [0.717, 1.165) is 11.1 Å². The minimum atomic E-state index is -0.392. The van der Waals surface area contributed by atoms with Crippen molar-refractivity contribution in [1.82, 2.24) is 14.7 Å². The van der Waals surface area contributed by atoms with E-state index in [1.165, 1.54) is 48.3 Å². The fourth-order valence-electron chi connectivity index (χ4n) is 5.19. The van der Waals surface area contributed by atoms with E-state index in [-0.39, 0.29) is 17.7 Å². The molecule has 4 rings (SSSR count). The van der Waals surface area contributed by atoms with Gasteiger partial charge in [0, 0.05) is 38.3 Å². The van der Waals surface area contributed by atoms with Crippen molar-refractivity contribution in [3.05, 3.63) is 77.4 Å². The maximum Gasteiger partial charge on any atom is 0.253 e. The number of ether oxygens (including phenoxy) is 5. The number of rotatable bonds is 15. The van der Waals surface area contributed by atoms with Gasteiger partial charge in [-0.05, 0) is 92.1 Å². The van der Waals surface area contributed by atoms with E-state index < -0.39 is 5.91 Å². The van der Waals surface area contributed by atoms with E-state index >= 15 is 0 Å². The average molecular weight is 674 g/mol. The van der Waals surface area contributed by atoms with Crippen LogP contribution in [-0.2, 0) is 19.2 Å². The Morgan fingerprint density at radius 1 is 0.714 bits per heavy atom. The third-order valence-electron chi connectivity index (χ3n) is 7.86. The number of benzene rings is 2. The van der Waals surface area contributed by atoms with Gasteiger partial charge in [0.15, 0.2) is 23.0 Å². The second-order valence-corrected chi connectivity index (χ2v) is 11.3. The van der Waals surface area contributed by atoms with E-state index in [0.29, 0.717) is 86.5 Å². The molecule has 0 bridgehead atoms. The molecule has 12 heteroatoms. The van der Waals surface area contributed by atoms with E-state index in [4.69, 9.17) is 23.7 Å². The molecule has 0 fully saturated rings. The molecule has 0 saturated heterocycles. The van der Waals surface area contributed by atoms with E-state index in [1.807, 2.05) is 20.0 Å². The van der Waals surface area contributed by atoms with Crippen LogP contribution in [0.1, 0.15) is 29.5 Å². The maximum atomic E-state index is 12.5. The van der Waals surface area contributed by atoms with Crippen LogP contribution >= 0.6 is 0 Å². The van der Waals surface area contributed by atoms with Gasteiger partial charge in [-0.2, -0.15) is 0 Å². The highest BCUT2D eigenvalue weighted by atomic mass is 16.5. The Hall–Kier alpha value is -5.36. The van der Waals surface area contributed by atoms with E-state index in [2.05, 4.69) is 4.90 Å². The molecule has 0 aliphatic carbocycles. The molecule has 0 spiro atoms. The quantitative estimate of drug-likeness (QED) is 0.256. The predicted molar refractivity (Wildman–Crippen MR) is 185 cm³/mol. The summed E-state index contributed by atoms with van der Waals surface area (Å²) in [6.07, 6.45) is 13.6. The molecule has 2 aromatic carbocycles. The van der Waals surface area contributed by atoms with Gasteiger partial charge < -0.3 is 23.7 Å². The summed E-state index contributed by atoms with van der Waals surface area (Å²) < 4.78 is 28.9. The first-order valence-electron chi connectivity index (χ1n) is 15.9. The summed E-state index contributed by atoms with van der Waals surface area (Å²) in [5, 5.41) is 0. The van der Waals surface area contributed by atoms with Gasteiger partial charge in [0.2, 0.25) is 5.75 Å². The average Bonchev–Trinajstić information content (AvgIpc) is 3.10. The molecule has 49 heavy (non-hydrogen) atoms. The van der Waals surface area contributed by atoms with Crippen molar-refractivity contribution in [2.45, 2.75) is 19.8 Å². The molecule has 12 nitrogen and oxygen atoms in total. The van der Waals surface area contributed by atoms with Crippen molar-refractivity contribution in [1.29, 1.82) is 0 Å². The van der Waals surface area contributed by atoms with Crippen LogP contribution < -0.4 is 23.7 Å². The zero-order valence-electron chi connectivity index (χ0n) is 28.6. The number of hydrogen-bond acceptors (Lipinski definition) is 10. The molecule has 0 atom stereocenters. The van der Waals surface area contributed by atoms with Crippen molar-refractivity contribution in [2.75, 3.05) is 67.8 Å². The summed E-state index contributed by atoms with van der Waals surface area (Å²) in [7, 11) is 6.56. The number of hydrogen-bond donors (Lipinski definition) is 0. The summed E-state index contributed by atoms with van der Waals surface area (Å²) in [4.78, 5) is 53.5. The topological polar surface area (TPSA) is 124 Å². The van der Waals surface area contributed by atoms with Crippen LogP contribution in [0.3, 0.4) is 0 Å². The number of carbonyl (C=O) groups is 4. The minimum absolute atomic E-state index is 0.311. The number of amides is 4. The molecule has 0 unspecified atom stereocenters. The first-order valence-corrected chi connectivity index (χ1v) is 15.9. The van der Waals surface area contributed by atoms with Crippen LogP contribution in [-0.4, -0.2) is 106 Å². The second-order valence-electron chi connectivity index (χ2n) is 11.3. The summed E-state index contributed by atoms with van der Waals surface area (Å²) >= 11 is 0. The number of nitrogens with zero attached hydrogens (tertiary/aromatic N) is 3. The lowest BCUT2D eigenvalue weighted by molar-refractivity contribution is -0.140. The fourth-order valence-corrected chi connectivity index (χ4v) is 5.19. The molecule has 2 aliphatic rings. The number of methoxy groups -OCH3 is 3. The Labute approximate surface area is 286 Å². The molecule has 2 aromatic rings. The molecule has 260 valence electrons. The number of aryl methyl sites for hydroxylation is 1. The summed E-state index contributed by atoms with van der Waals surface area (Å²) in [6, 6.07) is 7.15. The lowest BCUT2D eigenvalue weighted by Gasteiger charge is -2.21. The van der Waals surface area contributed by atoms with E-state index in [1.54, 1.807) is 49.6 Å². The lowest BCUT2D eigenvalue weighted by Crippen LogP contribution is -2.37. The van der Waals surface area contributed by atoms with Gasteiger partial charge in [-0.15, -0.1) is 0 Å². The van der Waals surface area contributed by atoms with Crippen LogP contribution in [0.2, 0.25) is 0 Å². The minimum Gasteiger partial charge on any atom is -0.493 e. The van der Waals surface area contributed by atoms with Gasteiger partial charge >= 0.3 is 0 Å². The largest absolute Gasteiger partial charge is 0.493 e. The van der Waals surface area contributed by atoms with Crippen LogP contribution in [0.5, 0.6) is 28.7 Å². The van der Waals surface area contributed by atoms with Crippen LogP contribution in [0, 0.1) is 6.92 Å². The molecular formula is C37H43N3O9. The fraction of sp³-hybridized carbons (Fsp3) is 0.351. The lowest BCUT2D eigenvalue weighted by atomic mass is 10.1. The highest BCUT2D eigenvalue weighted by Gasteiger charge is 2.21. The van der Waals surface area contributed by atoms with Gasteiger partial charge in [-0.1, -0.05) is 12.2 Å². The Balaban J connectivity index is 1.29. The Kier molecular flexibility index (Phi) is 13.2. The highest BCUT2D eigenvalue weighted by molar-refractivity contribution is 6.07. The summed E-state index contributed by atoms with van der Waals surface area (Å²) in [5.74, 6) is 1.07. The summed E-state index contributed by atoms with van der Waals surface area (Å²) in [5.41, 5.74) is 2.24. The highest BCUT2D eigenvalue weighted by Crippen LogP contribution is 2.39. The zero-order valence-corrected chi connectivity index (χ0v) is 28.6. The standard InChI is InChI=1S/C37H43N3O9/c1-26-22-27(12-14-34(43)39-16-8-6-10-32(39)41)23-29(45-3)36(26)48-20-18-38(2)19-21-49-37-30(46-4)24-28(25-31(37)47-5)13-15-35(44)40-17-9-7-11-33(40)42/h6-7,10-15,22-25H,8-9,16-21H2,1-5H3/b14-12+,15-13+. The Morgan fingerprint density at radius 3 is 1.59 bits per heavy atom. The summed E-state index contributed by atoms with van der Waals surface area (Å²) in [6.45, 7) is 4.52. The Bertz CT molecular complexity index is 1640. The molecule has 2 heterocycles. The van der Waals surface area contributed by atoms with Gasteiger partial charge in [0.25, 0.3) is 23.6 Å². The number of imide groups is 2. The number of carbonyl (C=O) groups excluding carboxylic acids is 4. The van der Waals surface area contributed by atoms with Crippen molar-refractivity contribution in [2.24, 2.45) is 0 Å². The normalized spacial score (nSPS) is 14.7. The van der Waals surface area contributed by atoms with Crippen molar-refractivity contribution in [3.8, 4) is 28.7 Å². The van der Waals surface area contributed by atoms with Gasteiger partial charge in [-0.25, -0.2) is 0 Å². The third kappa shape index (κ3) is 9.83. The van der Waals surface area contributed by atoms with Crippen molar-refractivity contribution < 1.29 is 42.9 Å². The van der Waals surface area contributed by atoms with Gasteiger partial charge in [0.05, 0.1) is 21.3 Å². The van der Waals surface area contributed by atoms with Crippen molar-refractivity contribution >= 4 is 35.8 Å². The van der Waals surface area contributed by atoms with Crippen molar-refractivity contribution in [3.63, 3.8) is 0 Å². The predicted octanol–water partition coefficient (Wildman–Crippen LogP) is 4.07. The molecule has 4 amide bonds. The number of likely N-dealkylation sites (N-methyl/N-ethyl adjacent to an activating group) is 1. The SMILES string of the molecule is COc1cc(/C=C/C(=O)N2CCC=CC2=O)cc(C)c1OCCN(C)CCOc1c(OC)cc(/C=C/C(=O)N2CCC=CC2=O)cc1OC. The monoisotopic (exact) mass is 673 g/mol. The first kappa shape index (κ1) is 36.5. The molecule has 0 N–H and O–H groups in total. The van der Waals surface area contributed by atoms with Crippen LogP contribution in [0.4, 0.5) is 0 Å². The molecule has 2 aliphatic heterocycles. The smallest absolute Gasteiger partial charge is 0.253 e. The van der Waals surface area contributed by atoms with E-state index in [9.17, 15) is 19.2 Å². The Morgan fingerprint density at radius 2 is 1.14 bits per heavy atom. The molecule has 0 aromatic heterocycles. The van der Waals surface area contributed by atoms with Crippen LogP contribution in [0.15, 0.2) is 60.7 Å². The first-order chi connectivity index (χ1) is 23.6.